The Hall–Kier alpha value is -2.98. The number of amides is 1. The first-order chi connectivity index (χ1) is 14.5. The van der Waals surface area contributed by atoms with Gasteiger partial charge in [-0.2, -0.15) is 5.10 Å². The average Bonchev–Trinajstić information content (AvgIpc) is 3.28. The van der Waals surface area contributed by atoms with Gasteiger partial charge in [-0.1, -0.05) is 17.4 Å². The van der Waals surface area contributed by atoms with Crippen molar-refractivity contribution in [3.63, 3.8) is 0 Å². The zero-order valence-electron chi connectivity index (χ0n) is 16.8. The number of aryl methyl sites for hydroxylation is 1. The lowest BCUT2D eigenvalue weighted by Crippen LogP contribution is -2.12. The molecule has 0 unspecified atom stereocenters. The molecule has 10 heteroatoms. The Morgan fingerprint density at radius 2 is 2.10 bits per heavy atom. The van der Waals surface area contributed by atoms with Gasteiger partial charge in [0, 0.05) is 13.0 Å². The molecule has 3 rings (SSSR count). The molecule has 2 heterocycles. The molecule has 158 valence electrons. The zero-order valence-corrected chi connectivity index (χ0v) is 18.4. The molecule has 0 bridgehead atoms. The highest BCUT2D eigenvalue weighted by Gasteiger charge is 2.17. The number of nitrogens with one attached hydrogen (secondary N) is 2. The fourth-order valence-corrected chi connectivity index (χ4v) is 3.91. The molecule has 0 aliphatic rings. The molecule has 2 N–H and O–H groups in total. The Balaban J connectivity index is 1.53. The molecule has 0 aliphatic carbocycles. The van der Waals surface area contributed by atoms with Gasteiger partial charge in [0.15, 0.2) is 15.7 Å². The number of H-pyrrole nitrogens is 1. The van der Waals surface area contributed by atoms with Crippen LogP contribution in [-0.2, 0) is 11.3 Å². The number of benzene rings is 1. The minimum atomic E-state index is -0.112. The molecule has 8 nitrogen and oxygen atoms in total. The van der Waals surface area contributed by atoms with Crippen LogP contribution in [0.25, 0.3) is 10.7 Å². The minimum absolute atomic E-state index is 0.112. The van der Waals surface area contributed by atoms with E-state index in [9.17, 15) is 4.79 Å². The summed E-state index contributed by atoms with van der Waals surface area (Å²) in [6.07, 6.45) is 2.67. The molecule has 0 atom stereocenters. The summed E-state index contributed by atoms with van der Waals surface area (Å²) in [6, 6.07) is 7.33. The maximum Gasteiger partial charge on any atom is 0.226 e. The van der Waals surface area contributed by atoms with Crippen LogP contribution in [0, 0.1) is 11.7 Å². The number of hydrogen-bond donors (Lipinski definition) is 2. The molecule has 0 aliphatic heterocycles. The second-order valence-corrected chi connectivity index (χ2v) is 7.75. The van der Waals surface area contributed by atoms with E-state index >= 15 is 0 Å². The number of carbonyl (C=O) groups is 1. The number of ether oxygens (including phenoxy) is 2. The van der Waals surface area contributed by atoms with Crippen molar-refractivity contribution in [1.82, 2.24) is 19.7 Å². The molecular weight excluding hydrogens is 422 g/mol. The number of allylic oxidation sites excluding steroid dienone is 1. The fourth-order valence-electron chi connectivity index (χ4n) is 2.72. The maximum absolute atomic E-state index is 12.3. The third kappa shape index (κ3) is 5.33. The van der Waals surface area contributed by atoms with Crippen molar-refractivity contribution in [2.24, 2.45) is 0 Å². The summed E-state index contributed by atoms with van der Waals surface area (Å²) in [6.45, 7) is 6.60. The lowest BCUT2D eigenvalue weighted by molar-refractivity contribution is -0.116. The number of methoxy groups -OCH3 is 1. The second-order valence-electron chi connectivity index (χ2n) is 6.36. The van der Waals surface area contributed by atoms with Crippen LogP contribution in [0.5, 0.6) is 11.5 Å². The van der Waals surface area contributed by atoms with Crippen LogP contribution in [0.15, 0.2) is 36.9 Å². The molecule has 1 amide bonds. The number of nitrogens with zero attached hydrogens (tertiary/aromatic N) is 3. The Labute approximate surface area is 183 Å². The molecule has 0 fully saturated rings. The minimum Gasteiger partial charge on any atom is -0.497 e. The largest absolute Gasteiger partial charge is 0.497 e. The normalized spacial score (nSPS) is 10.6. The van der Waals surface area contributed by atoms with Crippen LogP contribution in [0.3, 0.4) is 0 Å². The van der Waals surface area contributed by atoms with Crippen LogP contribution in [-0.4, -0.2) is 39.4 Å². The van der Waals surface area contributed by atoms with E-state index in [1.165, 1.54) is 11.3 Å². The van der Waals surface area contributed by atoms with Crippen LogP contribution in [0.2, 0.25) is 0 Å². The monoisotopic (exact) mass is 445 g/mol. The number of rotatable bonds is 10. The van der Waals surface area contributed by atoms with Crippen molar-refractivity contribution in [3.05, 3.63) is 47.4 Å². The molecule has 0 spiro atoms. The molecular formula is C20H23N5O3S2. The van der Waals surface area contributed by atoms with Gasteiger partial charge in [-0.25, -0.2) is 4.98 Å². The van der Waals surface area contributed by atoms with Gasteiger partial charge in [-0.3, -0.25) is 14.5 Å². The Morgan fingerprint density at radius 3 is 2.80 bits per heavy atom. The Kier molecular flexibility index (Phi) is 7.36. The molecule has 0 saturated heterocycles. The first kappa shape index (κ1) is 21.7. The van der Waals surface area contributed by atoms with Crippen molar-refractivity contribution in [2.45, 2.75) is 26.3 Å². The molecule has 3 aromatic rings. The van der Waals surface area contributed by atoms with Gasteiger partial charge in [-0.05, 0) is 49.8 Å². The van der Waals surface area contributed by atoms with E-state index in [4.69, 9.17) is 21.7 Å². The van der Waals surface area contributed by atoms with Crippen LogP contribution >= 0.6 is 23.6 Å². The van der Waals surface area contributed by atoms with E-state index in [1.807, 2.05) is 35.8 Å². The van der Waals surface area contributed by atoms with E-state index in [0.717, 1.165) is 22.1 Å². The number of carbonyl (C=O) groups excluding carboxylic acids is 1. The summed E-state index contributed by atoms with van der Waals surface area (Å²) < 4.78 is 13.1. The van der Waals surface area contributed by atoms with Gasteiger partial charge >= 0.3 is 0 Å². The summed E-state index contributed by atoms with van der Waals surface area (Å²) in [5.41, 5.74) is 0.775. The molecule has 0 radical (unpaired) electrons. The number of thiazole rings is 1. The standard InChI is InChI=1S/C20H23N5O3S2/c1-4-11-25-18(23-24-20(25)29)17-13(2)21-19(30-17)22-16(26)6-5-12-28-15-9-7-14(27-3)8-10-15/h4,7-10H,1,5-6,11-12H2,2-3H3,(H,24,29)(H,21,22,26). The summed E-state index contributed by atoms with van der Waals surface area (Å²) in [7, 11) is 1.62. The van der Waals surface area contributed by atoms with Crippen LogP contribution < -0.4 is 14.8 Å². The van der Waals surface area contributed by atoms with E-state index in [2.05, 4.69) is 27.1 Å². The van der Waals surface area contributed by atoms with Gasteiger partial charge in [0.05, 0.1) is 24.3 Å². The third-order valence-corrected chi connectivity index (χ3v) is 5.57. The Bertz CT molecular complexity index is 1070. The van der Waals surface area contributed by atoms with Gasteiger partial charge < -0.3 is 14.8 Å². The quantitative estimate of drug-likeness (QED) is 0.273. The zero-order chi connectivity index (χ0) is 21.5. The first-order valence-corrected chi connectivity index (χ1v) is 10.5. The lowest BCUT2D eigenvalue weighted by Gasteiger charge is -2.07. The van der Waals surface area contributed by atoms with E-state index < -0.39 is 0 Å². The predicted molar refractivity (Wildman–Crippen MR) is 120 cm³/mol. The maximum atomic E-state index is 12.3. The van der Waals surface area contributed by atoms with Crippen molar-refractivity contribution >= 4 is 34.6 Å². The van der Waals surface area contributed by atoms with E-state index in [0.29, 0.717) is 41.7 Å². The third-order valence-electron chi connectivity index (χ3n) is 4.19. The summed E-state index contributed by atoms with van der Waals surface area (Å²) in [5.74, 6) is 2.08. The van der Waals surface area contributed by atoms with Crippen LogP contribution in [0.4, 0.5) is 5.13 Å². The highest BCUT2D eigenvalue weighted by molar-refractivity contribution is 7.71. The molecule has 1 aromatic carbocycles. The summed E-state index contributed by atoms with van der Waals surface area (Å²) in [4.78, 5) is 17.6. The van der Waals surface area contributed by atoms with Crippen LogP contribution in [0.1, 0.15) is 18.5 Å². The smallest absolute Gasteiger partial charge is 0.226 e. The number of hydrogen-bond acceptors (Lipinski definition) is 7. The first-order valence-electron chi connectivity index (χ1n) is 9.32. The van der Waals surface area contributed by atoms with Crippen molar-refractivity contribution in [3.8, 4) is 22.2 Å². The summed E-state index contributed by atoms with van der Waals surface area (Å²) in [5, 5.41) is 10.5. The van der Waals surface area contributed by atoms with Gasteiger partial charge in [-0.15, -0.1) is 6.58 Å². The lowest BCUT2D eigenvalue weighted by atomic mass is 10.3. The fraction of sp³-hybridized carbons (Fsp3) is 0.300. The number of anilines is 1. The highest BCUT2D eigenvalue weighted by Crippen LogP contribution is 2.31. The highest BCUT2D eigenvalue weighted by atomic mass is 32.1. The number of aromatic amines is 1. The van der Waals surface area contributed by atoms with Gasteiger partial charge in [0.2, 0.25) is 5.91 Å². The van der Waals surface area contributed by atoms with E-state index in [-0.39, 0.29) is 5.91 Å². The van der Waals surface area contributed by atoms with Crippen molar-refractivity contribution in [1.29, 1.82) is 0 Å². The Morgan fingerprint density at radius 1 is 1.37 bits per heavy atom. The second kappa shape index (κ2) is 10.2. The average molecular weight is 446 g/mol. The van der Waals surface area contributed by atoms with E-state index in [1.54, 1.807) is 13.2 Å². The van der Waals surface area contributed by atoms with Crippen molar-refractivity contribution in [2.75, 3.05) is 19.0 Å². The van der Waals surface area contributed by atoms with Gasteiger partial charge in [0.1, 0.15) is 11.5 Å². The SMILES string of the molecule is C=CCn1c(-c2sc(NC(=O)CCCOc3ccc(OC)cc3)nc2C)n[nH]c1=S. The predicted octanol–water partition coefficient (Wildman–Crippen LogP) is 4.36. The summed E-state index contributed by atoms with van der Waals surface area (Å²) >= 11 is 6.62. The molecule has 0 saturated carbocycles. The van der Waals surface area contributed by atoms with Gasteiger partial charge in [0.25, 0.3) is 0 Å². The van der Waals surface area contributed by atoms with Crippen molar-refractivity contribution < 1.29 is 14.3 Å². The molecule has 2 aromatic heterocycles. The topological polar surface area (TPSA) is 94.1 Å². The molecule has 30 heavy (non-hydrogen) atoms. The number of aromatic nitrogens is 4.